The van der Waals surface area contributed by atoms with Gasteiger partial charge in [0.1, 0.15) is 0 Å². The van der Waals surface area contributed by atoms with Crippen LogP contribution in [0.2, 0.25) is 0 Å². The van der Waals surface area contributed by atoms with Gasteiger partial charge in [-0.2, -0.15) is 0 Å². The number of thioether (sulfide) groups is 1. The number of fused-ring (bicyclic) bond motifs is 1. The third-order valence-corrected chi connectivity index (χ3v) is 8.23. The fraction of sp³-hybridized carbons (Fsp3) is 0.364. The van der Waals surface area contributed by atoms with Gasteiger partial charge in [-0.15, -0.1) is 11.8 Å². The molecule has 0 spiro atoms. The molecule has 170 valence electrons. The van der Waals surface area contributed by atoms with Crippen LogP contribution in [0.15, 0.2) is 52.3 Å². The summed E-state index contributed by atoms with van der Waals surface area (Å²) in [6.07, 6.45) is 3.18. The number of benzene rings is 2. The van der Waals surface area contributed by atoms with E-state index in [4.69, 9.17) is 9.72 Å². The van der Waals surface area contributed by atoms with Crippen LogP contribution in [0.3, 0.4) is 0 Å². The number of nitrogens with zero attached hydrogens (tertiary/aromatic N) is 3. The first-order valence-electron chi connectivity index (χ1n) is 10.2. The van der Waals surface area contributed by atoms with Gasteiger partial charge >= 0.3 is 0 Å². The molecule has 32 heavy (non-hydrogen) atoms. The van der Waals surface area contributed by atoms with Crippen LogP contribution in [0.4, 0.5) is 5.13 Å². The first kappa shape index (κ1) is 23.2. The molecule has 1 aromatic heterocycles. The molecule has 7 nitrogen and oxygen atoms in total. The standard InChI is InChI=1S/C22H25N3O4S3/c1-30-17-5-8-19-20(15-17)31-22(23-19)25(10-9-24-11-13-29-14-12-24)21(26)16-3-6-18(7-4-16)32(2,27)28/h3-8,15H,9-14H2,1-2H3. The van der Waals surface area contributed by atoms with E-state index in [-0.39, 0.29) is 10.8 Å². The van der Waals surface area contributed by atoms with Crippen molar-refractivity contribution in [3.05, 3.63) is 48.0 Å². The smallest absolute Gasteiger partial charge is 0.260 e. The van der Waals surface area contributed by atoms with Crippen molar-refractivity contribution in [3.63, 3.8) is 0 Å². The van der Waals surface area contributed by atoms with Crippen molar-refractivity contribution in [3.8, 4) is 0 Å². The molecule has 3 aromatic rings. The second kappa shape index (κ2) is 9.88. The first-order valence-corrected chi connectivity index (χ1v) is 14.1. The number of carbonyl (C=O) groups excluding carboxylic acids is 1. The molecular formula is C22H25N3O4S3. The van der Waals surface area contributed by atoms with Gasteiger partial charge in [0.05, 0.1) is 28.3 Å². The maximum absolute atomic E-state index is 13.5. The summed E-state index contributed by atoms with van der Waals surface area (Å²) in [4.78, 5) is 23.5. The van der Waals surface area contributed by atoms with E-state index in [0.717, 1.165) is 34.5 Å². The molecule has 0 atom stereocenters. The van der Waals surface area contributed by atoms with Crippen LogP contribution < -0.4 is 4.90 Å². The molecule has 0 unspecified atom stereocenters. The number of hydrogen-bond acceptors (Lipinski definition) is 8. The summed E-state index contributed by atoms with van der Waals surface area (Å²) in [6, 6.07) is 12.2. The fourth-order valence-electron chi connectivity index (χ4n) is 3.49. The van der Waals surface area contributed by atoms with Gasteiger partial charge in [-0.05, 0) is 48.7 Å². The Morgan fingerprint density at radius 1 is 1.19 bits per heavy atom. The highest BCUT2D eigenvalue weighted by atomic mass is 32.2. The summed E-state index contributed by atoms with van der Waals surface area (Å²) < 4.78 is 30.0. The van der Waals surface area contributed by atoms with Crippen LogP contribution in [0.25, 0.3) is 10.2 Å². The SMILES string of the molecule is CSc1ccc2nc(N(CCN3CCOCC3)C(=O)c3ccc(S(C)(=O)=O)cc3)sc2c1. The molecule has 0 saturated carbocycles. The number of thiazole rings is 1. The van der Waals surface area contributed by atoms with Gasteiger partial charge in [0.2, 0.25) is 0 Å². The van der Waals surface area contributed by atoms with Crippen LogP contribution >= 0.6 is 23.1 Å². The summed E-state index contributed by atoms with van der Waals surface area (Å²) in [5, 5.41) is 0.642. The molecule has 1 fully saturated rings. The number of carbonyl (C=O) groups is 1. The lowest BCUT2D eigenvalue weighted by Crippen LogP contribution is -2.43. The Hall–Kier alpha value is -1.98. The third-order valence-electron chi connectivity index (χ3n) is 5.33. The summed E-state index contributed by atoms with van der Waals surface area (Å²) in [7, 11) is -3.32. The minimum atomic E-state index is -3.32. The Labute approximate surface area is 196 Å². The second-order valence-corrected chi connectivity index (χ2v) is 11.4. The van der Waals surface area contributed by atoms with Crippen LogP contribution in [-0.2, 0) is 14.6 Å². The van der Waals surface area contributed by atoms with Crippen LogP contribution in [0.5, 0.6) is 0 Å². The zero-order chi connectivity index (χ0) is 22.7. The average molecular weight is 492 g/mol. The van der Waals surface area contributed by atoms with Crippen molar-refractivity contribution in [2.24, 2.45) is 0 Å². The first-order chi connectivity index (χ1) is 15.3. The molecule has 2 heterocycles. The van der Waals surface area contributed by atoms with E-state index in [2.05, 4.69) is 11.0 Å². The van der Waals surface area contributed by atoms with E-state index >= 15 is 0 Å². The minimum absolute atomic E-state index is 0.192. The number of sulfone groups is 1. The van der Waals surface area contributed by atoms with Crippen molar-refractivity contribution in [2.75, 3.05) is 56.8 Å². The largest absolute Gasteiger partial charge is 0.379 e. The molecule has 1 amide bonds. The summed E-state index contributed by atoms with van der Waals surface area (Å²) in [5.74, 6) is -0.192. The van der Waals surface area contributed by atoms with Gasteiger partial charge in [0, 0.05) is 42.9 Å². The van der Waals surface area contributed by atoms with Crippen molar-refractivity contribution in [1.29, 1.82) is 0 Å². The lowest BCUT2D eigenvalue weighted by Gasteiger charge is -2.29. The molecule has 0 radical (unpaired) electrons. The highest BCUT2D eigenvalue weighted by molar-refractivity contribution is 7.98. The van der Waals surface area contributed by atoms with Crippen LogP contribution in [-0.4, -0.2) is 76.1 Å². The normalized spacial score (nSPS) is 15.2. The van der Waals surface area contributed by atoms with E-state index in [1.807, 2.05) is 18.4 Å². The molecule has 1 aliphatic heterocycles. The number of morpholine rings is 1. The van der Waals surface area contributed by atoms with Crippen LogP contribution in [0, 0.1) is 0 Å². The van der Waals surface area contributed by atoms with Crippen molar-refractivity contribution in [1.82, 2.24) is 9.88 Å². The third kappa shape index (κ3) is 5.32. The maximum atomic E-state index is 13.5. The second-order valence-electron chi connectivity index (χ2n) is 7.54. The van der Waals surface area contributed by atoms with Gasteiger partial charge in [-0.3, -0.25) is 14.6 Å². The summed E-state index contributed by atoms with van der Waals surface area (Å²) in [5.41, 5.74) is 1.29. The molecule has 0 bridgehead atoms. The fourth-order valence-corrected chi connectivity index (χ4v) is 5.66. The number of aromatic nitrogens is 1. The molecule has 0 aliphatic carbocycles. The topological polar surface area (TPSA) is 79.8 Å². The van der Waals surface area contributed by atoms with Gasteiger partial charge < -0.3 is 4.74 Å². The van der Waals surface area contributed by atoms with E-state index in [1.165, 1.54) is 23.5 Å². The van der Waals surface area contributed by atoms with Crippen molar-refractivity contribution >= 4 is 54.2 Å². The number of hydrogen-bond donors (Lipinski definition) is 0. The molecule has 4 rings (SSSR count). The molecule has 1 saturated heterocycles. The van der Waals surface area contributed by atoms with Crippen molar-refractivity contribution in [2.45, 2.75) is 9.79 Å². The van der Waals surface area contributed by atoms with E-state index in [1.54, 1.807) is 28.8 Å². The Morgan fingerprint density at radius 3 is 2.56 bits per heavy atom. The van der Waals surface area contributed by atoms with Gasteiger partial charge in [-0.25, -0.2) is 13.4 Å². The number of amides is 1. The monoisotopic (exact) mass is 491 g/mol. The minimum Gasteiger partial charge on any atom is -0.379 e. The summed E-state index contributed by atoms with van der Waals surface area (Å²) in [6.45, 7) is 4.26. The summed E-state index contributed by atoms with van der Waals surface area (Å²) >= 11 is 3.16. The zero-order valence-electron chi connectivity index (χ0n) is 18.0. The van der Waals surface area contributed by atoms with Gasteiger partial charge in [-0.1, -0.05) is 11.3 Å². The molecular weight excluding hydrogens is 466 g/mol. The molecule has 10 heteroatoms. The Balaban J connectivity index is 1.64. The van der Waals surface area contributed by atoms with E-state index < -0.39 is 9.84 Å². The Kier molecular flexibility index (Phi) is 7.16. The van der Waals surface area contributed by atoms with E-state index in [9.17, 15) is 13.2 Å². The van der Waals surface area contributed by atoms with E-state index in [0.29, 0.717) is 37.0 Å². The van der Waals surface area contributed by atoms with Crippen LogP contribution in [0.1, 0.15) is 10.4 Å². The Morgan fingerprint density at radius 2 is 1.91 bits per heavy atom. The predicted molar refractivity (Wildman–Crippen MR) is 130 cm³/mol. The van der Waals surface area contributed by atoms with Gasteiger partial charge in [0.25, 0.3) is 5.91 Å². The number of ether oxygens (including phenoxy) is 1. The highest BCUT2D eigenvalue weighted by Gasteiger charge is 2.23. The maximum Gasteiger partial charge on any atom is 0.260 e. The molecule has 1 aliphatic rings. The lowest BCUT2D eigenvalue weighted by molar-refractivity contribution is 0.0391. The Bertz CT molecular complexity index is 1200. The molecule has 2 aromatic carbocycles. The molecule has 0 N–H and O–H groups in total. The number of anilines is 1. The quantitative estimate of drug-likeness (QED) is 0.469. The zero-order valence-corrected chi connectivity index (χ0v) is 20.4. The highest BCUT2D eigenvalue weighted by Crippen LogP contribution is 2.32. The van der Waals surface area contributed by atoms with Gasteiger partial charge in [0.15, 0.2) is 15.0 Å². The lowest BCUT2D eigenvalue weighted by atomic mass is 10.2. The number of rotatable bonds is 7. The van der Waals surface area contributed by atoms with Crippen molar-refractivity contribution < 1.29 is 17.9 Å². The average Bonchev–Trinajstić information content (AvgIpc) is 3.22. The predicted octanol–water partition coefficient (Wildman–Crippen LogP) is 3.40.